The van der Waals surface area contributed by atoms with Crippen LogP contribution in [0.15, 0.2) is 48.5 Å². The van der Waals surface area contributed by atoms with Crippen LogP contribution in [0, 0.1) is 0 Å². The molecule has 6 nitrogen and oxygen atoms in total. The molecular formula is C22H27NO5. The third-order valence-electron chi connectivity index (χ3n) is 4.70. The van der Waals surface area contributed by atoms with Gasteiger partial charge in [0.2, 0.25) is 0 Å². The first-order valence-electron chi connectivity index (χ1n) is 9.45. The third kappa shape index (κ3) is 4.63. The van der Waals surface area contributed by atoms with Gasteiger partial charge in [0, 0.05) is 12.1 Å². The minimum atomic E-state index is -1.19. The van der Waals surface area contributed by atoms with Crippen LogP contribution in [0.2, 0.25) is 0 Å². The standard InChI is InChI=1S/C22H27NO5/c1-4-22(21(25)26,17-10-8-7-9-11-17)15-23-20(24)16-12-13-18(27-5-2)19(14-16)28-6-3/h7-14H,4-6,15H2,1-3H3,(H,23,24)(H,25,26). The summed E-state index contributed by atoms with van der Waals surface area (Å²) in [5, 5.41) is 12.7. The number of carbonyl (C=O) groups excluding carboxylic acids is 1. The van der Waals surface area contributed by atoms with Crippen LogP contribution in [0.3, 0.4) is 0 Å². The molecule has 1 amide bonds. The van der Waals surface area contributed by atoms with Crippen molar-refractivity contribution in [3.63, 3.8) is 0 Å². The van der Waals surface area contributed by atoms with E-state index in [-0.39, 0.29) is 12.5 Å². The number of hydrogen-bond acceptors (Lipinski definition) is 4. The number of amides is 1. The van der Waals surface area contributed by atoms with Gasteiger partial charge < -0.3 is 19.9 Å². The number of carboxylic acids is 1. The van der Waals surface area contributed by atoms with Crippen molar-refractivity contribution in [1.29, 1.82) is 0 Å². The fourth-order valence-electron chi connectivity index (χ4n) is 3.06. The van der Waals surface area contributed by atoms with Gasteiger partial charge in [-0.25, -0.2) is 0 Å². The van der Waals surface area contributed by atoms with Crippen LogP contribution in [-0.4, -0.2) is 36.7 Å². The molecule has 0 saturated heterocycles. The van der Waals surface area contributed by atoms with Crippen molar-refractivity contribution in [3.05, 3.63) is 59.7 Å². The Kier molecular flexibility index (Phi) is 7.44. The Bertz CT molecular complexity index is 806. The highest BCUT2D eigenvalue weighted by atomic mass is 16.5. The number of benzene rings is 2. The maximum atomic E-state index is 12.7. The molecule has 1 atom stereocenters. The highest BCUT2D eigenvalue weighted by Crippen LogP contribution is 2.30. The average Bonchev–Trinajstić information content (AvgIpc) is 2.71. The van der Waals surface area contributed by atoms with E-state index in [2.05, 4.69) is 5.32 Å². The molecule has 0 saturated carbocycles. The first kappa shape index (κ1) is 21.3. The Morgan fingerprint density at radius 3 is 2.18 bits per heavy atom. The number of hydrogen-bond donors (Lipinski definition) is 2. The van der Waals surface area contributed by atoms with Crippen LogP contribution in [0.25, 0.3) is 0 Å². The van der Waals surface area contributed by atoms with Crippen LogP contribution in [-0.2, 0) is 10.2 Å². The van der Waals surface area contributed by atoms with E-state index in [1.807, 2.05) is 19.9 Å². The second kappa shape index (κ2) is 9.78. The maximum Gasteiger partial charge on any atom is 0.315 e. The summed E-state index contributed by atoms with van der Waals surface area (Å²) < 4.78 is 11.1. The highest BCUT2D eigenvalue weighted by molar-refractivity contribution is 5.95. The molecule has 2 rings (SSSR count). The van der Waals surface area contributed by atoms with E-state index < -0.39 is 11.4 Å². The maximum absolute atomic E-state index is 12.7. The predicted molar refractivity (Wildman–Crippen MR) is 107 cm³/mol. The Labute approximate surface area is 165 Å². The lowest BCUT2D eigenvalue weighted by Gasteiger charge is -2.29. The van der Waals surface area contributed by atoms with Crippen molar-refractivity contribution in [3.8, 4) is 11.5 Å². The average molecular weight is 385 g/mol. The van der Waals surface area contributed by atoms with Gasteiger partial charge in [0.05, 0.1) is 13.2 Å². The van der Waals surface area contributed by atoms with E-state index in [4.69, 9.17) is 9.47 Å². The quantitative estimate of drug-likeness (QED) is 0.652. The number of nitrogens with one attached hydrogen (secondary N) is 1. The Hall–Kier alpha value is -3.02. The summed E-state index contributed by atoms with van der Waals surface area (Å²) >= 11 is 0. The minimum Gasteiger partial charge on any atom is -0.490 e. The molecule has 0 aromatic heterocycles. The topological polar surface area (TPSA) is 84.9 Å². The molecule has 0 aliphatic heterocycles. The van der Waals surface area contributed by atoms with Crippen molar-refractivity contribution in [1.82, 2.24) is 5.32 Å². The van der Waals surface area contributed by atoms with Crippen molar-refractivity contribution < 1.29 is 24.2 Å². The molecule has 0 spiro atoms. The van der Waals surface area contributed by atoms with E-state index in [9.17, 15) is 14.7 Å². The molecule has 2 N–H and O–H groups in total. The predicted octanol–water partition coefficient (Wildman–Crippen LogP) is 3.65. The molecule has 150 valence electrons. The van der Waals surface area contributed by atoms with Crippen LogP contribution < -0.4 is 14.8 Å². The van der Waals surface area contributed by atoms with E-state index in [0.29, 0.717) is 42.3 Å². The number of carbonyl (C=O) groups is 2. The molecule has 0 fully saturated rings. The van der Waals surface area contributed by atoms with Crippen molar-refractivity contribution in [2.24, 2.45) is 0 Å². The molecule has 0 aliphatic carbocycles. The van der Waals surface area contributed by atoms with Gasteiger partial charge in [-0.05, 0) is 44.0 Å². The summed E-state index contributed by atoms with van der Waals surface area (Å²) in [5.41, 5.74) is -0.146. The summed E-state index contributed by atoms with van der Waals surface area (Å²) in [5.74, 6) is -0.277. The minimum absolute atomic E-state index is 0.0150. The molecule has 2 aromatic rings. The van der Waals surface area contributed by atoms with Gasteiger partial charge >= 0.3 is 5.97 Å². The molecule has 6 heteroatoms. The zero-order valence-corrected chi connectivity index (χ0v) is 16.5. The summed E-state index contributed by atoms with van der Waals surface area (Å²) in [6, 6.07) is 13.9. The number of ether oxygens (including phenoxy) is 2. The van der Waals surface area contributed by atoms with E-state index in [1.165, 1.54) is 0 Å². The zero-order valence-electron chi connectivity index (χ0n) is 16.5. The smallest absolute Gasteiger partial charge is 0.315 e. The van der Waals surface area contributed by atoms with Crippen molar-refractivity contribution >= 4 is 11.9 Å². The van der Waals surface area contributed by atoms with Crippen molar-refractivity contribution in [2.45, 2.75) is 32.6 Å². The van der Waals surface area contributed by atoms with Crippen LogP contribution >= 0.6 is 0 Å². The van der Waals surface area contributed by atoms with Crippen LogP contribution in [0.5, 0.6) is 11.5 Å². The SMILES string of the molecule is CCOc1ccc(C(=O)NCC(CC)(C(=O)O)c2ccccc2)cc1OCC. The number of rotatable bonds is 10. The first-order valence-corrected chi connectivity index (χ1v) is 9.45. The van der Waals surface area contributed by atoms with E-state index in [1.54, 1.807) is 49.4 Å². The molecule has 0 radical (unpaired) electrons. The normalized spacial score (nSPS) is 12.7. The van der Waals surface area contributed by atoms with Crippen LogP contribution in [0.4, 0.5) is 0 Å². The lowest BCUT2D eigenvalue weighted by molar-refractivity contribution is -0.143. The molecule has 1 unspecified atom stereocenters. The van der Waals surface area contributed by atoms with Crippen LogP contribution in [0.1, 0.15) is 43.1 Å². The molecule has 0 aliphatic rings. The van der Waals surface area contributed by atoms with Gasteiger partial charge in [0.15, 0.2) is 11.5 Å². The molecule has 0 bridgehead atoms. The fraction of sp³-hybridized carbons (Fsp3) is 0.364. The summed E-state index contributed by atoms with van der Waals surface area (Å²) in [6.07, 6.45) is 0.347. The number of aliphatic carboxylic acids is 1. The fourth-order valence-corrected chi connectivity index (χ4v) is 3.06. The monoisotopic (exact) mass is 385 g/mol. The van der Waals surface area contributed by atoms with Crippen molar-refractivity contribution in [2.75, 3.05) is 19.8 Å². The highest BCUT2D eigenvalue weighted by Gasteiger charge is 2.39. The summed E-state index contributed by atoms with van der Waals surface area (Å²) in [4.78, 5) is 24.8. The largest absolute Gasteiger partial charge is 0.490 e. The third-order valence-corrected chi connectivity index (χ3v) is 4.70. The van der Waals surface area contributed by atoms with Gasteiger partial charge in [-0.2, -0.15) is 0 Å². The Morgan fingerprint density at radius 1 is 0.964 bits per heavy atom. The Balaban J connectivity index is 2.23. The Morgan fingerprint density at radius 2 is 1.61 bits per heavy atom. The lowest BCUT2D eigenvalue weighted by atomic mass is 9.78. The lowest BCUT2D eigenvalue weighted by Crippen LogP contribution is -2.46. The molecule has 2 aromatic carbocycles. The summed E-state index contributed by atoms with van der Waals surface area (Å²) in [6.45, 7) is 6.44. The molecular weight excluding hydrogens is 358 g/mol. The number of carboxylic acid groups (broad SMARTS) is 1. The summed E-state index contributed by atoms with van der Waals surface area (Å²) in [7, 11) is 0. The van der Waals surface area contributed by atoms with E-state index in [0.717, 1.165) is 0 Å². The second-order valence-corrected chi connectivity index (χ2v) is 6.32. The molecule has 0 heterocycles. The van der Waals surface area contributed by atoms with Gasteiger partial charge in [-0.1, -0.05) is 37.3 Å². The zero-order chi connectivity index (χ0) is 20.6. The van der Waals surface area contributed by atoms with E-state index >= 15 is 0 Å². The second-order valence-electron chi connectivity index (χ2n) is 6.32. The van der Waals surface area contributed by atoms with Gasteiger partial charge in [0.1, 0.15) is 5.41 Å². The van der Waals surface area contributed by atoms with Gasteiger partial charge in [0.25, 0.3) is 5.91 Å². The van der Waals surface area contributed by atoms with Gasteiger partial charge in [-0.15, -0.1) is 0 Å². The van der Waals surface area contributed by atoms with Gasteiger partial charge in [-0.3, -0.25) is 9.59 Å². The molecule has 28 heavy (non-hydrogen) atoms. The first-order chi connectivity index (χ1) is 13.5.